The highest BCUT2D eigenvalue weighted by Crippen LogP contribution is 2.60. The molecule has 4 saturated carbocycles. The maximum absolute atomic E-state index is 9.65. The van der Waals surface area contributed by atoms with Crippen LogP contribution in [0.3, 0.4) is 0 Å². The van der Waals surface area contributed by atoms with Crippen LogP contribution in [0.1, 0.15) is 62.7 Å². The molecule has 0 radical (unpaired) electrons. The van der Waals surface area contributed by atoms with Crippen LogP contribution in [-0.4, -0.2) is 27.9 Å². The van der Waals surface area contributed by atoms with E-state index in [2.05, 4.69) is 10.5 Å². The summed E-state index contributed by atoms with van der Waals surface area (Å²) >= 11 is 0. The molecule has 21 heavy (non-hydrogen) atoms. The standard InChI is InChI=1S/C16H23N3O2/c20-12-4-13(17-8-12)14-18-15(19-21-14)16-5-9-1-10(6-16)3-11(2-9)7-16/h9-13,17,20H,1-8H2/t9?,10?,11?,12-,13-,16?/m0/s1. The summed E-state index contributed by atoms with van der Waals surface area (Å²) in [6.45, 7) is 0.625. The van der Waals surface area contributed by atoms with Gasteiger partial charge in [-0.2, -0.15) is 4.98 Å². The number of nitrogens with zero attached hydrogens (tertiary/aromatic N) is 2. The zero-order valence-corrected chi connectivity index (χ0v) is 12.3. The Bertz CT molecular complexity index is 520. The second-order valence-corrected chi connectivity index (χ2v) is 8.00. The van der Waals surface area contributed by atoms with Crippen molar-refractivity contribution in [1.82, 2.24) is 15.5 Å². The summed E-state index contributed by atoms with van der Waals surface area (Å²) in [6.07, 6.45) is 8.48. The SMILES string of the molecule is O[C@@H]1CN[C@H](c2nc(C34CC5CC(CC(C5)C3)C4)no2)C1. The minimum atomic E-state index is -0.287. The van der Waals surface area contributed by atoms with E-state index >= 15 is 0 Å². The highest BCUT2D eigenvalue weighted by atomic mass is 16.5. The van der Waals surface area contributed by atoms with E-state index in [0.717, 1.165) is 23.6 Å². The van der Waals surface area contributed by atoms with E-state index < -0.39 is 0 Å². The zero-order chi connectivity index (χ0) is 14.0. The third kappa shape index (κ3) is 1.90. The molecule has 4 aliphatic carbocycles. The molecule has 114 valence electrons. The highest BCUT2D eigenvalue weighted by molar-refractivity contribution is 5.17. The predicted octanol–water partition coefficient (Wildman–Crippen LogP) is 1.93. The molecule has 1 saturated heterocycles. The van der Waals surface area contributed by atoms with E-state index in [1.807, 2.05) is 0 Å². The highest BCUT2D eigenvalue weighted by Gasteiger charge is 2.54. The quantitative estimate of drug-likeness (QED) is 0.870. The van der Waals surface area contributed by atoms with Crippen LogP contribution in [0.4, 0.5) is 0 Å². The molecular formula is C16H23N3O2. The minimum absolute atomic E-state index is 0.0372. The van der Waals surface area contributed by atoms with Gasteiger partial charge in [0.25, 0.3) is 0 Å². The van der Waals surface area contributed by atoms with E-state index in [4.69, 9.17) is 9.51 Å². The van der Waals surface area contributed by atoms with Crippen LogP contribution < -0.4 is 5.32 Å². The maximum Gasteiger partial charge on any atom is 0.243 e. The Hall–Kier alpha value is -0.940. The molecule has 5 aliphatic rings. The molecule has 0 aromatic carbocycles. The van der Waals surface area contributed by atoms with Crippen LogP contribution >= 0.6 is 0 Å². The van der Waals surface area contributed by atoms with Gasteiger partial charge in [0.2, 0.25) is 5.89 Å². The van der Waals surface area contributed by atoms with Crippen molar-refractivity contribution < 1.29 is 9.63 Å². The van der Waals surface area contributed by atoms with E-state index in [-0.39, 0.29) is 17.6 Å². The van der Waals surface area contributed by atoms with Gasteiger partial charge in [-0.05, 0) is 62.7 Å². The molecule has 5 fully saturated rings. The molecule has 5 nitrogen and oxygen atoms in total. The topological polar surface area (TPSA) is 71.2 Å². The van der Waals surface area contributed by atoms with E-state index in [9.17, 15) is 5.11 Å². The van der Waals surface area contributed by atoms with Crippen molar-refractivity contribution in [2.24, 2.45) is 17.8 Å². The van der Waals surface area contributed by atoms with Crippen molar-refractivity contribution in [2.75, 3.05) is 6.54 Å². The molecule has 1 aromatic rings. The van der Waals surface area contributed by atoms with E-state index in [0.29, 0.717) is 18.9 Å². The Labute approximate surface area is 124 Å². The third-order valence-electron chi connectivity index (χ3n) is 6.36. The van der Waals surface area contributed by atoms with Crippen molar-refractivity contribution >= 4 is 0 Å². The molecule has 2 atom stereocenters. The lowest BCUT2D eigenvalue weighted by Crippen LogP contribution is -2.49. The zero-order valence-electron chi connectivity index (χ0n) is 12.3. The molecule has 0 spiro atoms. The lowest BCUT2D eigenvalue weighted by Gasteiger charge is -2.55. The largest absolute Gasteiger partial charge is 0.392 e. The first-order valence-electron chi connectivity index (χ1n) is 8.46. The molecule has 6 rings (SSSR count). The molecule has 2 N–H and O–H groups in total. The van der Waals surface area contributed by atoms with Crippen molar-refractivity contribution in [3.63, 3.8) is 0 Å². The summed E-state index contributed by atoms with van der Waals surface area (Å²) < 4.78 is 5.55. The van der Waals surface area contributed by atoms with E-state index in [1.165, 1.54) is 38.5 Å². The van der Waals surface area contributed by atoms with Gasteiger partial charge in [-0.25, -0.2) is 0 Å². The van der Waals surface area contributed by atoms with Gasteiger partial charge in [-0.1, -0.05) is 5.16 Å². The van der Waals surface area contributed by atoms with Gasteiger partial charge >= 0.3 is 0 Å². The summed E-state index contributed by atoms with van der Waals surface area (Å²) in [7, 11) is 0. The normalized spacial score (nSPS) is 48.1. The average molecular weight is 289 g/mol. The average Bonchev–Trinajstić information content (AvgIpc) is 3.05. The predicted molar refractivity (Wildman–Crippen MR) is 75.5 cm³/mol. The molecule has 0 amide bonds. The number of nitrogens with one attached hydrogen (secondary N) is 1. The van der Waals surface area contributed by atoms with Gasteiger partial charge in [0.05, 0.1) is 12.1 Å². The molecule has 1 aliphatic heterocycles. The van der Waals surface area contributed by atoms with Crippen LogP contribution in [0.15, 0.2) is 4.52 Å². The fraction of sp³-hybridized carbons (Fsp3) is 0.875. The van der Waals surface area contributed by atoms with E-state index in [1.54, 1.807) is 0 Å². The number of rotatable bonds is 2. The van der Waals surface area contributed by atoms with Crippen molar-refractivity contribution in [3.8, 4) is 0 Å². The molecular weight excluding hydrogens is 266 g/mol. The molecule has 0 unspecified atom stereocenters. The number of aromatic nitrogens is 2. The fourth-order valence-electron chi connectivity index (χ4n) is 5.88. The van der Waals surface area contributed by atoms with Gasteiger partial charge in [0.1, 0.15) is 0 Å². The summed E-state index contributed by atoms with van der Waals surface area (Å²) in [5, 5.41) is 17.3. The Morgan fingerprint density at radius 1 is 1.05 bits per heavy atom. The number of β-amino-alcohol motifs (C(OH)–C–C–N with tert-alkyl or cyclic N) is 1. The van der Waals surface area contributed by atoms with Gasteiger partial charge in [0, 0.05) is 12.0 Å². The van der Waals surface area contributed by atoms with Gasteiger partial charge < -0.3 is 14.9 Å². The summed E-state index contributed by atoms with van der Waals surface area (Å²) in [5.41, 5.74) is 0.202. The molecule has 1 aromatic heterocycles. The van der Waals surface area contributed by atoms with Gasteiger partial charge in [-0.3, -0.25) is 0 Å². The first kappa shape index (κ1) is 12.6. The van der Waals surface area contributed by atoms with Gasteiger partial charge in [-0.15, -0.1) is 0 Å². The Kier molecular flexibility index (Phi) is 2.57. The first-order valence-corrected chi connectivity index (χ1v) is 8.46. The number of hydrogen-bond acceptors (Lipinski definition) is 5. The molecule has 4 bridgehead atoms. The lowest BCUT2D eigenvalue weighted by molar-refractivity contribution is -0.0103. The van der Waals surface area contributed by atoms with Crippen LogP contribution in [0, 0.1) is 17.8 Å². The minimum Gasteiger partial charge on any atom is -0.392 e. The summed E-state index contributed by atoms with van der Waals surface area (Å²) in [6, 6.07) is 0.0372. The molecule has 5 heteroatoms. The van der Waals surface area contributed by atoms with Crippen molar-refractivity contribution in [3.05, 3.63) is 11.7 Å². The Balaban J connectivity index is 1.44. The lowest BCUT2D eigenvalue weighted by atomic mass is 9.49. The summed E-state index contributed by atoms with van der Waals surface area (Å²) in [4.78, 5) is 4.77. The van der Waals surface area contributed by atoms with Gasteiger partial charge in [0.15, 0.2) is 5.82 Å². The smallest absolute Gasteiger partial charge is 0.243 e. The van der Waals surface area contributed by atoms with Crippen LogP contribution in [0.25, 0.3) is 0 Å². The first-order chi connectivity index (χ1) is 10.2. The monoisotopic (exact) mass is 289 g/mol. The molecule has 2 heterocycles. The summed E-state index contributed by atoms with van der Waals surface area (Å²) in [5.74, 6) is 4.32. The fourth-order valence-corrected chi connectivity index (χ4v) is 5.88. The van der Waals surface area contributed by atoms with Crippen LogP contribution in [-0.2, 0) is 5.41 Å². The number of hydrogen-bond donors (Lipinski definition) is 2. The Morgan fingerprint density at radius 3 is 2.29 bits per heavy atom. The third-order valence-corrected chi connectivity index (χ3v) is 6.36. The van der Waals surface area contributed by atoms with Crippen LogP contribution in [0.5, 0.6) is 0 Å². The Morgan fingerprint density at radius 2 is 1.71 bits per heavy atom. The van der Waals surface area contributed by atoms with Crippen LogP contribution in [0.2, 0.25) is 0 Å². The second kappa shape index (κ2) is 4.29. The number of aliphatic hydroxyl groups is 1. The number of aliphatic hydroxyl groups excluding tert-OH is 1. The van der Waals surface area contributed by atoms with Crippen molar-refractivity contribution in [1.29, 1.82) is 0 Å². The van der Waals surface area contributed by atoms with Crippen molar-refractivity contribution in [2.45, 2.75) is 62.5 Å². The second-order valence-electron chi connectivity index (χ2n) is 8.00. The maximum atomic E-state index is 9.65.